The molecule has 0 aromatic rings. The lowest BCUT2D eigenvalue weighted by atomic mass is 10.1. The van der Waals surface area contributed by atoms with E-state index in [2.05, 4.69) is 33.0 Å². The number of nitrogens with one attached hydrogen (secondary N) is 1. The summed E-state index contributed by atoms with van der Waals surface area (Å²) in [6.07, 6.45) is 0. The predicted octanol–water partition coefficient (Wildman–Crippen LogP) is 2.08. The summed E-state index contributed by atoms with van der Waals surface area (Å²) in [4.78, 5) is 0.333. The standard InChI is InChI=1S/C8H17NS/c1-6(2)8(4)9-7(3)5-10-8/h6-7,9H,5H2,1-4H3. The highest BCUT2D eigenvalue weighted by atomic mass is 32.2. The number of hydrogen-bond donors (Lipinski definition) is 1. The van der Waals surface area contributed by atoms with E-state index < -0.39 is 0 Å². The van der Waals surface area contributed by atoms with Crippen molar-refractivity contribution in [3.05, 3.63) is 0 Å². The lowest BCUT2D eigenvalue weighted by molar-refractivity contribution is 0.380. The molecule has 0 spiro atoms. The normalized spacial score (nSPS) is 41.1. The van der Waals surface area contributed by atoms with Crippen LogP contribution in [-0.2, 0) is 0 Å². The van der Waals surface area contributed by atoms with Gasteiger partial charge in [-0.05, 0) is 19.8 Å². The van der Waals surface area contributed by atoms with Gasteiger partial charge in [-0.2, -0.15) is 0 Å². The van der Waals surface area contributed by atoms with Crippen LogP contribution in [0.2, 0.25) is 0 Å². The van der Waals surface area contributed by atoms with Crippen molar-refractivity contribution in [1.29, 1.82) is 0 Å². The fraction of sp³-hybridized carbons (Fsp3) is 1.00. The van der Waals surface area contributed by atoms with Crippen LogP contribution in [0.5, 0.6) is 0 Å². The van der Waals surface area contributed by atoms with Crippen LogP contribution in [0.25, 0.3) is 0 Å². The Hall–Kier alpha value is 0.310. The smallest absolute Gasteiger partial charge is 0.0642 e. The van der Waals surface area contributed by atoms with E-state index in [1.807, 2.05) is 11.8 Å². The highest BCUT2D eigenvalue weighted by molar-refractivity contribution is 8.00. The zero-order chi connectivity index (χ0) is 7.78. The quantitative estimate of drug-likeness (QED) is 0.628. The molecule has 1 aliphatic heterocycles. The van der Waals surface area contributed by atoms with Crippen molar-refractivity contribution in [2.45, 2.75) is 38.6 Å². The second-order valence-corrected chi connectivity index (χ2v) is 5.09. The zero-order valence-electron chi connectivity index (χ0n) is 7.27. The summed E-state index contributed by atoms with van der Waals surface area (Å²) in [5.74, 6) is 1.98. The van der Waals surface area contributed by atoms with Gasteiger partial charge >= 0.3 is 0 Å². The van der Waals surface area contributed by atoms with Crippen molar-refractivity contribution < 1.29 is 0 Å². The summed E-state index contributed by atoms with van der Waals surface area (Å²) in [6, 6.07) is 0.692. The molecule has 1 fully saturated rings. The molecule has 2 atom stereocenters. The molecule has 1 rings (SSSR count). The molecule has 1 saturated heterocycles. The van der Waals surface area contributed by atoms with Crippen LogP contribution in [0.3, 0.4) is 0 Å². The molecule has 10 heavy (non-hydrogen) atoms. The summed E-state index contributed by atoms with van der Waals surface area (Å²) < 4.78 is 0. The van der Waals surface area contributed by atoms with E-state index in [-0.39, 0.29) is 0 Å². The second kappa shape index (κ2) is 2.74. The third kappa shape index (κ3) is 1.48. The number of thioether (sulfide) groups is 1. The molecule has 0 bridgehead atoms. The zero-order valence-corrected chi connectivity index (χ0v) is 8.09. The molecule has 0 amide bonds. The lowest BCUT2D eigenvalue weighted by Crippen LogP contribution is -2.42. The van der Waals surface area contributed by atoms with Crippen LogP contribution in [0.4, 0.5) is 0 Å². The van der Waals surface area contributed by atoms with Gasteiger partial charge in [-0.3, -0.25) is 5.32 Å². The van der Waals surface area contributed by atoms with Crippen LogP contribution in [0.1, 0.15) is 27.7 Å². The molecule has 0 saturated carbocycles. The summed E-state index contributed by atoms with van der Waals surface area (Å²) in [7, 11) is 0. The maximum absolute atomic E-state index is 3.59. The van der Waals surface area contributed by atoms with Crippen molar-refractivity contribution in [1.82, 2.24) is 5.32 Å². The van der Waals surface area contributed by atoms with Gasteiger partial charge in [0.1, 0.15) is 0 Å². The molecular weight excluding hydrogens is 142 g/mol. The summed E-state index contributed by atoms with van der Waals surface area (Å²) in [5, 5.41) is 3.59. The first-order valence-electron chi connectivity index (χ1n) is 3.96. The topological polar surface area (TPSA) is 12.0 Å². The Morgan fingerprint density at radius 3 is 2.40 bits per heavy atom. The second-order valence-electron chi connectivity index (χ2n) is 3.62. The Balaban J connectivity index is 2.54. The SMILES string of the molecule is CC1CSC(C)(C(C)C)N1. The first-order chi connectivity index (χ1) is 4.54. The highest BCUT2D eigenvalue weighted by Gasteiger charge is 2.35. The maximum Gasteiger partial charge on any atom is 0.0642 e. The lowest BCUT2D eigenvalue weighted by Gasteiger charge is -2.28. The molecule has 1 aliphatic rings. The summed E-state index contributed by atoms with van der Waals surface area (Å²) in [5.41, 5.74) is 0. The first kappa shape index (κ1) is 8.41. The van der Waals surface area contributed by atoms with Gasteiger partial charge in [0, 0.05) is 11.8 Å². The van der Waals surface area contributed by atoms with E-state index in [1.54, 1.807) is 0 Å². The maximum atomic E-state index is 3.59. The van der Waals surface area contributed by atoms with Crippen molar-refractivity contribution in [2.24, 2.45) is 5.92 Å². The van der Waals surface area contributed by atoms with E-state index in [1.165, 1.54) is 5.75 Å². The molecule has 1 heterocycles. The summed E-state index contributed by atoms with van der Waals surface area (Å²) >= 11 is 2.05. The van der Waals surface area contributed by atoms with Crippen LogP contribution in [0, 0.1) is 5.92 Å². The first-order valence-corrected chi connectivity index (χ1v) is 4.95. The van der Waals surface area contributed by atoms with Crippen LogP contribution < -0.4 is 5.32 Å². The minimum absolute atomic E-state index is 0.333. The minimum Gasteiger partial charge on any atom is -0.299 e. The van der Waals surface area contributed by atoms with Gasteiger partial charge in [0.15, 0.2) is 0 Å². The molecule has 1 N–H and O–H groups in total. The van der Waals surface area contributed by atoms with Crippen LogP contribution >= 0.6 is 11.8 Å². The largest absolute Gasteiger partial charge is 0.299 e. The molecule has 0 aromatic carbocycles. The molecule has 2 heteroatoms. The Morgan fingerprint density at radius 1 is 1.60 bits per heavy atom. The molecule has 0 aromatic heterocycles. The Morgan fingerprint density at radius 2 is 2.20 bits per heavy atom. The molecule has 0 aliphatic carbocycles. The van der Waals surface area contributed by atoms with E-state index in [4.69, 9.17) is 0 Å². The van der Waals surface area contributed by atoms with Gasteiger partial charge in [-0.25, -0.2) is 0 Å². The third-order valence-corrected chi connectivity index (χ3v) is 4.12. The molecule has 2 unspecified atom stereocenters. The van der Waals surface area contributed by atoms with E-state index in [9.17, 15) is 0 Å². The van der Waals surface area contributed by atoms with Crippen molar-refractivity contribution in [2.75, 3.05) is 5.75 Å². The fourth-order valence-corrected chi connectivity index (χ4v) is 2.50. The summed E-state index contributed by atoms with van der Waals surface area (Å²) in [6.45, 7) is 9.10. The molecule has 60 valence electrons. The predicted molar refractivity (Wildman–Crippen MR) is 48.3 cm³/mol. The monoisotopic (exact) mass is 159 g/mol. The minimum atomic E-state index is 0.333. The molecule has 0 radical (unpaired) electrons. The number of hydrogen-bond acceptors (Lipinski definition) is 2. The van der Waals surface area contributed by atoms with Crippen molar-refractivity contribution in [3.8, 4) is 0 Å². The van der Waals surface area contributed by atoms with E-state index in [0.29, 0.717) is 10.9 Å². The van der Waals surface area contributed by atoms with Gasteiger partial charge in [-0.15, -0.1) is 11.8 Å². The Labute approximate surface area is 68.0 Å². The Kier molecular flexibility index (Phi) is 2.31. The average Bonchev–Trinajstić information content (AvgIpc) is 2.13. The number of rotatable bonds is 1. The van der Waals surface area contributed by atoms with Crippen molar-refractivity contribution >= 4 is 11.8 Å². The van der Waals surface area contributed by atoms with Gasteiger partial charge in [0.05, 0.1) is 4.87 Å². The molecular formula is C8H17NS. The van der Waals surface area contributed by atoms with Crippen LogP contribution in [-0.4, -0.2) is 16.7 Å². The van der Waals surface area contributed by atoms with Gasteiger partial charge in [0.25, 0.3) is 0 Å². The van der Waals surface area contributed by atoms with Crippen molar-refractivity contribution in [3.63, 3.8) is 0 Å². The van der Waals surface area contributed by atoms with Crippen LogP contribution in [0.15, 0.2) is 0 Å². The third-order valence-electron chi connectivity index (χ3n) is 2.27. The van der Waals surface area contributed by atoms with Gasteiger partial charge in [-0.1, -0.05) is 13.8 Å². The van der Waals surface area contributed by atoms with Gasteiger partial charge < -0.3 is 0 Å². The average molecular weight is 159 g/mol. The van der Waals surface area contributed by atoms with E-state index >= 15 is 0 Å². The van der Waals surface area contributed by atoms with E-state index in [0.717, 1.165) is 5.92 Å². The molecule has 1 nitrogen and oxygen atoms in total. The fourth-order valence-electron chi connectivity index (χ4n) is 1.20. The van der Waals surface area contributed by atoms with Gasteiger partial charge in [0.2, 0.25) is 0 Å². The highest BCUT2D eigenvalue weighted by Crippen LogP contribution is 2.35. The Bertz CT molecular complexity index is 124.